The van der Waals surface area contributed by atoms with Gasteiger partial charge in [0.05, 0.1) is 28.1 Å². The molecule has 15 rings (SSSR count). The van der Waals surface area contributed by atoms with Crippen LogP contribution >= 0.6 is 0 Å². The number of benzene rings is 12. The average molecular weight is 1330 g/mol. The zero-order chi connectivity index (χ0) is 71.9. The van der Waals surface area contributed by atoms with Gasteiger partial charge in [-0.05, 0) is 187 Å². The van der Waals surface area contributed by atoms with E-state index in [-0.39, 0.29) is 39.2 Å². The first-order valence-corrected chi connectivity index (χ1v) is 36.6. The summed E-state index contributed by atoms with van der Waals surface area (Å²) in [6.45, 7) is 41.9. The Hall–Kier alpha value is -10.4. The maximum absolute atomic E-state index is 12.5. The Balaban J connectivity index is 1.10. The Kier molecular flexibility index (Phi) is 16.1. The van der Waals surface area contributed by atoms with Gasteiger partial charge in [-0.2, -0.15) is 5.26 Å². The monoisotopic (exact) mass is 1330 g/mol. The van der Waals surface area contributed by atoms with Crippen LogP contribution < -0.4 is 26.2 Å². The lowest BCUT2D eigenvalue weighted by Crippen LogP contribution is -2.61. The van der Waals surface area contributed by atoms with Gasteiger partial charge in [-0.1, -0.05) is 313 Å². The predicted octanol–water partition coefficient (Wildman–Crippen LogP) is 24.9. The summed E-state index contributed by atoms with van der Waals surface area (Å²) in [5.74, 6) is 0. The molecule has 0 spiro atoms. The minimum atomic E-state index is -0.351. The Morgan fingerprint density at radius 1 is 0.275 bits per heavy atom. The van der Waals surface area contributed by atoms with Gasteiger partial charge in [-0.3, -0.25) is 0 Å². The number of para-hydroxylation sites is 1. The number of hydrogen-bond donors (Lipinski definition) is 0. The van der Waals surface area contributed by atoms with Gasteiger partial charge in [0, 0.05) is 44.6 Å². The fourth-order valence-corrected chi connectivity index (χ4v) is 15.6. The van der Waals surface area contributed by atoms with E-state index in [9.17, 15) is 5.26 Å². The molecule has 5 heteroatoms. The molecular weight excluding hydrogens is 1230 g/mol. The number of rotatable bonds is 8. The number of nitrogens with zero attached hydrogens (tertiary/aromatic N) is 4. The third-order valence-electron chi connectivity index (χ3n) is 21.7. The minimum Gasteiger partial charge on any atom is -0.310 e. The van der Waals surface area contributed by atoms with Crippen molar-refractivity contribution in [1.29, 1.82) is 5.26 Å². The summed E-state index contributed by atoms with van der Waals surface area (Å²) in [4.78, 5) is 5.20. The Labute approximate surface area is 607 Å². The lowest BCUT2D eigenvalue weighted by atomic mass is 9.33. The smallest absolute Gasteiger partial charge is 0.252 e. The second-order valence-corrected chi connectivity index (χ2v) is 35.1. The Morgan fingerprint density at radius 2 is 0.657 bits per heavy atom. The van der Waals surface area contributed by atoms with Gasteiger partial charge in [0.15, 0.2) is 0 Å². The van der Waals surface area contributed by atoms with Gasteiger partial charge >= 0.3 is 0 Å². The molecular formula is C97H95BN4. The fourth-order valence-electron chi connectivity index (χ4n) is 15.6. The van der Waals surface area contributed by atoms with Crippen molar-refractivity contribution < 1.29 is 0 Å². The highest BCUT2D eigenvalue weighted by atomic mass is 15.2. The molecule has 1 aromatic heterocycles. The van der Waals surface area contributed by atoms with Crippen LogP contribution in [0.1, 0.15) is 164 Å². The number of fused-ring (bicyclic) bond motifs is 7. The highest BCUT2D eigenvalue weighted by Crippen LogP contribution is 2.54. The van der Waals surface area contributed by atoms with Crippen molar-refractivity contribution in [3.05, 3.63) is 288 Å². The Morgan fingerprint density at radius 3 is 1.13 bits per heavy atom. The van der Waals surface area contributed by atoms with E-state index in [2.05, 4.69) is 394 Å². The highest BCUT2D eigenvalue weighted by Gasteiger charge is 2.46. The molecule has 12 aromatic carbocycles. The van der Waals surface area contributed by atoms with Crippen molar-refractivity contribution in [2.45, 2.75) is 157 Å². The molecule has 0 atom stereocenters. The third-order valence-corrected chi connectivity index (χ3v) is 21.7. The summed E-state index contributed by atoms with van der Waals surface area (Å²) < 4.78 is 2.35. The van der Waals surface area contributed by atoms with Gasteiger partial charge in [0.2, 0.25) is 0 Å². The quantitative estimate of drug-likeness (QED) is 0.142. The van der Waals surface area contributed by atoms with Gasteiger partial charge in [-0.25, -0.2) is 0 Å². The van der Waals surface area contributed by atoms with Crippen LogP contribution in [0.2, 0.25) is 0 Å². The van der Waals surface area contributed by atoms with E-state index >= 15 is 0 Å². The van der Waals surface area contributed by atoms with E-state index in [4.69, 9.17) is 0 Å². The molecule has 3 heterocycles. The number of aromatic nitrogens is 1. The van der Waals surface area contributed by atoms with Crippen LogP contribution in [0.5, 0.6) is 0 Å². The lowest BCUT2D eigenvalue weighted by molar-refractivity contribution is 0.568. The number of anilines is 6. The van der Waals surface area contributed by atoms with Crippen molar-refractivity contribution in [2.24, 2.45) is 0 Å². The van der Waals surface area contributed by atoms with E-state index in [0.717, 1.165) is 106 Å². The van der Waals surface area contributed by atoms with E-state index in [1.807, 2.05) is 0 Å². The van der Waals surface area contributed by atoms with Crippen molar-refractivity contribution in [2.75, 3.05) is 9.80 Å². The first-order chi connectivity index (χ1) is 48.3. The molecule has 0 saturated carbocycles. The highest BCUT2D eigenvalue weighted by molar-refractivity contribution is 7.00. The van der Waals surface area contributed by atoms with Crippen LogP contribution in [0.15, 0.2) is 249 Å². The molecule has 0 bridgehead atoms. The second kappa shape index (κ2) is 24.4. The van der Waals surface area contributed by atoms with Crippen molar-refractivity contribution >= 4 is 79.0 Å². The first-order valence-electron chi connectivity index (χ1n) is 36.6. The van der Waals surface area contributed by atoms with Crippen molar-refractivity contribution in [3.63, 3.8) is 0 Å². The summed E-state index contributed by atoms with van der Waals surface area (Å²) in [5, 5.41) is 14.8. The summed E-state index contributed by atoms with van der Waals surface area (Å²) in [5.41, 5.74) is 31.5. The molecule has 0 fully saturated rings. The molecule has 0 aliphatic carbocycles. The van der Waals surface area contributed by atoms with E-state index in [1.54, 1.807) is 0 Å². The van der Waals surface area contributed by atoms with Crippen LogP contribution in [-0.2, 0) is 32.5 Å². The summed E-state index contributed by atoms with van der Waals surface area (Å²) in [7, 11) is 0. The van der Waals surface area contributed by atoms with Crippen LogP contribution in [-0.4, -0.2) is 11.3 Å². The first kappa shape index (κ1) is 67.4. The molecule has 0 saturated heterocycles. The standard InChI is InChI=1S/C97H95BN4/c1-92(2,3)69-47-67(48-70(54-69)93(4,5)6)65-42-45-80-86(52-65)101(84-40-30-39-83(79(84)60-99)100-82-38-29-28-37-75(82)76-44-41-64(51-85(76)100)61-31-22-19-23-32-61)88-58-74(97(16,17)18)59-89-90(88)98(80)81-46-43-66(68-49-71(94(7,8)9)55-72(50-68)95(10,11)12)53-87(81)102(89)91-77(62-33-24-20-25-34-62)56-73(96(13,14)15)57-78(91)63-35-26-21-27-36-63/h19-59H,1-18H3. The maximum Gasteiger partial charge on any atom is 0.252 e. The Bertz CT molecular complexity index is 5400. The topological polar surface area (TPSA) is 35.2 Å². The van der Waals surface area contributed by atoms with Gasteiger partial charge < -0.3 is 14.4 Å². The molecule has 4 nitrogen and oxygen atoms in total. The largest absolute Gasteiger partial charge is 0.310 e. The van der Waals surface area contributed by atoms with Gasteiger partial charge in [0.1, 0.15) is 11.6 Å². The average Bonchev–Trinajstić information content (AvgIpc) is 0.806. The SMILES string of the molecule is CC(C)(C)c1cc(-c2ccc3c(c2)N(c2cccc(-n4c5ccccc5c5ccc(-c6ccccc6)cc54)c2C#N)c2cc(C(C)(C)C)cc4c2B3c2ccc(-c3cc(C(C)(C)C)cc(C(C)(C)C)c3)cc2N4c2c(-c3ccccc3)cc(C(C)(C)C)cc2-c2ccccc2)cc(C(C)(C)C)c1. The van der Waals surface area contributed by atoms with Crippen molar-refractivity contribution in [3.8, 4) is 67.4 Å². The number of nitriles is 1. The summed E-state index contributed by atoms with van der Waals surface area (Å²) >= 11 is 0. The van der Waals surface area contributed by atoms with Gasteiger partial charge in [-0.15, -0.1) is 0 Å². The number of hydrogen-bond acceptors (Lipinski definition) is 3. The van der Waals surface area contributed by atoms with E-state index < -0.39 is 0 Å². The van der Waals surface area contributed by atoms with Crippen LogP contribution in [0.25, 0.3) is 83.1 Å². The molecule has 0 unspecified atom stereocenters. The fraction of sp³-hybridized carbons (Fsp3) is 0.247. The molecule has 2 aliphatic rings. The summed E-state index contributed by atoms with van der Waals surface area (Å²) in [6.07, 6.45) is 0. The van der Waals surface area contributed by atoms with E-state index in [0.29, 0.717) is 5.56 Å². The molecule has 13 aromatic rings. The van der Waals surface area contributed by atoms with E-state index in [1.165, 1.54) is 60.9 Å². The molecule has 0 amide bonds. The van der Waals surface area contributed by atoms with Crippen molar-refractivity contribution in [1.82, 2.24) is 4.57 Å². The van der Waals surface area contributed by atoms with Crippen LogP contribution in [0, 0.1) is 11.3 Å². The zero-order valence-corrected chi connectivity index (χ0v) is 63.0. The molecule has 102 heavy (non-hydrogen) atoms. The lowest BCUT2D eigenvalue weighted by Gasteiger charge is -2.46. The second-order valence-electron chi connectivity index (χ2n) is 35.1. The molecule has 0 N–H and O–H groups in total. The van der Waals surface area contributed by atoms with Crippen LogP contribution in [0.4, 0.5) is 34.1 Å². The minimum absolute atomic E-state index is 0.0991. The molecule has 2 aliphatic heterocycles. The molecule has 506 valence electrons. The maximum atomic E-state index is 12.5. The van der Waals surface area contributed by atoms with Gasteiger partial charge in [0.25, 0.3) is 6.71 Å². The van der Waals surface area contributed by atoms with Crippen LogP contribution in [0.3, 0.4) is 0 Å². The molecule has 0 radical (unpaired) electrons. The normalized spacial score (nSPS) is 13.3. The summed E-state index contributed by atoms with van der Waals surface area (Å²) in [6, 6.07) is 97.2. The predicted molar refractivity (Wildman–Crippen MR) is 439 cm³/mol. The third kappa shape index (κ3) is 11.9. The zero-order valence-electron chi connectivity index (χ0n) is 63.0.